The van der Waals surface area contributed by atoms with Crippen molar-refractivity contribution >= 4 is 34.2 Å². The summed E-state index contributed by atoms with van der Waals surface area (Å²) in [4.78, 5) is 19.1. The standard InChI is InChI=1S/C30H39ClN4O5/c1-30(2,3)9-11-33-29(36)34-21-6-7-26(23(31)18-21)40-25-8-10-32-24-20-28(27(37-4)19-22(24)25)39-15-5-12-35-13-16-38-17-14-35/h6-8,10,18-20H,5,9,11-17H2,1-4H3,(H2,33,34,36). The van der Waals surface area contributed by atoms with E-state index in [1.54, 1.807) is 37.6 Å². The first kappa shape index (κ1) is 29.7. The number of fused-ring (bicyclic) bond motifs is 1. The van der Waals surface area contributed by atoms with Crippen molar-refractivity contribution in [2.45, 2.75) is 33.6 Å². The first-order valence-electron chi connectivity index (χ1n) is 13.6. The van der Waals surface area contributed by atoms with Crippen molar-refractivity contribution in [2.75, 3.05) is 58.4 Å². The molecule has 40 heavy (non-hydrogen) atoms. The zero-order valence-corrected chi connectivity index (χ0v) is 24.5. The highest BCUT2D eigenvalue weighted by atomic mass is 35.5. The number of carbonyl (C=O) groups is 1. The van der Waals surface area contributed by atoms with Crippen molar-refractivity contribution in [3.63, 3.8) is 0 Å². The Kier molecular flexibility index (Phi) is 10.3. The van der Waals surface area contributed by atoms with E-state index in [-0.39, 0.29) is 11.4 Å². The number of ether oxygens (including phenoxy) is 4. The lowest BCUT2D eigenvalue weighted by Gasteiger charge is -2.26. The van der Waals surface area contributed by atoms with E-state index < -0.39 is 0 Å². The first-order valence-corrected chi connectivity index (χ1v) is 14.0. The van der Waals surface area contributed by atoms with Gasteiger partial charge in [-0.2, -0.15) is 0 Å². The number of carbonyl (C=O) groups excluding carboxylic acids is 1. The van der Waals surface area contributed by atoms with Crippen LogP contribution in [-0.2, 0) is 4.74 Å². The maximum Gasteiger partial charge on any atom is 0.319 e. The van der Waals surface area contributed by atoms with Crippen LogP contribution in [0.5, 0.6) is 23.0 Å². The van der Waals surface area contributed by atoms with E-state index >= 15 is 0 Å². The summed E-state index contributed by atoms with van der Waals surface area (Å²) >= 11 is 6.52. The van der Waals surface area contributed by atoms with Gasteiger partial charge in [-0.05, 0) is 48.6 Å². The lowest BCUT2D eigenvalue weighted by Crippen LogP contribution is -2.37. The second-order valence-electron chi connectivity index (χ2n) is 10.9. The van der Waals surface area contributed by atoms with E-state index in [9.17, 15) is 4.79 Å². The third-order valence-electron chi connectivity index (χ3n) is 6.54. The average Bonchev–Trinajstić information content (AvgIpc) is 2.92. The molecule has 10 heteroatoms. The number of benzene rings is 2. The molecule has 2 aromatic carbocycles. The number of pyridine rings is 1. The molecule has 216 valence electrons. The number of hydrogen-bond donors (Lipinski definition) is 2. The molecule has 1 aliphatic heterocycles. The number of anilines is 1. The monoisotopic (exact) mass is 570 g/mol. The zero-order chi connectivity index (χ0) is 28.5. The fourth-order valence-corrected chi connectivity index (χ4v) is 4.51. The predicted octanol–water partition coefficient (Wildman–Crippen LogP) is 6.35. The molecule has 9 nitrogen and oxygen atoms in total. The number of nitrogens with one attached hydrogen (secondary N) is 2. The molecule has 1 aromatic heterocycles. The average molecular weight is 571 g/mol. The smallest absolute Gasteiger partial charge is 0.319 e. The van der Waals surface area contributed by atoms with Crippen LogP contribution in [0.15, 0.2) is 42.6 Å². The zero-order valence-electron chi connectivity index (χ0n) is 23.7. The van der Waals surface area contributed by atoms with Crippen molar-refractivity contribution in [1.82, 2.24) is 15.2 Å². The van der Waals surface area contributed by atoms with Gasteiger partial charge in [0.2, 0.25) is 0 Å². The summed E-state index contributed by atoms with van der Waals surface area (Å²) in [6.07, 6.45) is 3.46. The lowest BCUT2D eigenvalue weighted by molar-refractivity contribution is 0.0357. The number of nitrogens with zero attached hydrogens (tertiary/aromatic N) is 2. The molecular formula is C30H39ClN4O5. The van der Waals surface area contributed by atoms with E-state index in [0.29, 0.717) is 52.4 Å². The molecule has 0 spiro atoms. The van der Waals surface area contributed by atoms with Gasteiger partial charge in [0.05, 0.1) is 37.5 Å². The molecule has 0 aliphatic carbocycles. The number of halogens is 1. The minimum atomic E-state index is -0.277. The van der Waals surface area contributed by atoms with Gasteiger partial charge in [0.15, 0.2) is 11.5 Å². The van der Waals surface area contributed by atoms with Crippen molar-refractivity contribution in [3.8, 4) is 23.0 Å². The summed E-state index contributed by atoms with van der Waals surface area (Å²) in [5.74, 6) is 2.26. The molecule has 0 atom stereocenters. The maximum atomic E-state index is 12.2. The number of amides is 2. The summed E-state index contributed by atoms with van der Waals surface area (Å²) < 4.78 is 23.3. The van der Waals surface area contributed by atoms with Crippen molar-refractivity contribution in [3.05, 3.63) is 47.6 Å². The van der Waals surface area contributed by atoms with Crippen LogP contribution < -0.4 is 24.8 Å². The number of aromatic nitrogens is 1. The Labute approximate surface area is 241 Å². The molecule has 0 bridgehead atoms. The van der Waals surface area contributed by atoms with E-state index in [4.69, 9.17) is 30.5 Å². The topological polar surface area (TPSA) is 94.2 Å². The van der Waals surface area contributed by atoms with E-state index in [0.717, 1.165) is 51.1 Å². The summed E-state index contributed by atoms with van der Waals surface area (Å²) in [5.41, 5.74) is 1.43. The number of morpholine rings is 1. The summed E-state index contributed by atoms with van der Waals surface area (Å²) in [5, 5.41) is 6.81. The van der Waals surface area contributed by atoms with Crippen molar-refractivity contribution in [2.24, 2.45) is 5.41 Å². The normalized spacial score (nSPS) is 14.1. The van der Waals surface area contributed by atoms with Gasteiger partial charge < -0.3 is 29.6 Å². The highest BCUT2D eigenvalue weighted by molar-refractivity contribution is 6.32. The van der Waals surface area contributed by atoms with Crippen LogP contribution in [0, 0.1) is 5.41 Å². The van der Waals surface area contributed by atoms with Crippen LogP contribution in [0.25, 0.3) is 10.9 Å². The summed E-state index contributed by atoms with van der Waals surface area (Å²) in [7, 11) is 1.61. The molecule has 3 aromatic rings. The molecule has 2 amide bonds. The Morgan fingerprint density at radius 3 is 2.60 bits per heavy atom. The molecule has 0 radical (unpaired) electrons. The minimum Gasteiger partial charge on any atom is -0.493 e. The summed E-state index contributed by atoms with van der Waals surface area (Å²) in [6.45, 7) is 12.0. The van der Waals surface area contributed by atoms with E-state index in [1.165, 1.54) is 0 Å². The number of hydrogen-bond acceptors (Lipinski definition) is 7. The Balaban J connectivity index is 1.40. The molecule has 1 saturated heterocycles. The Morgan fingerprint density at radius 1 is 1.07 bits per heavy atom. The van der Waals surface area contributed by atoms with Gasteiger partial charge in [-0.15, -0.1) is 0 Å². The van der Waals surface area contributed by atoms with Gasteiger partial charge in [-0.3, -0.25) is 9.88 Å². The maximum absolute atomic E-state index is 12.2. The van der Waals surface area contributed by atoms with Crippen LogP contribution in [0.4, 0.5) is 10.5 Å². The van der Waals surface area contributed by atoms with Crippen molar-refractivity contribution in [1.29, 1.82) is 0 Å². The van der Waals surface area contributed by atoms with Gasteiger partial charge in [-0.25, -0.2) is 4.79 Å². The molecule has 1 fully saturated rings. The predicted molar refractivity (Wildman–Crippen MR) is 158 cm³/mol. The minimum absolute atomic E-state index is 0.147. The quantitative estimate of drug-likeness (QED) is 0.259. The van der Waals surface area contributed by atoms with Gasteiger partial charge >= 0.3 is 6.03 Å². The highest BCUT2D eigenvalue weighted by Gasteiger charge is 2.15. The Bertz CT molecular complexity index is 1290. The van der Waals surface area contributed by atoms with Gasteiger partial charge in [0, 0.05) is 49.5 Å². The van der Waals surface area contributed by atoms with Crippen LogP contribution in [0.1, 0.15) is 33.6 Å². The van der Waals surface area contributed by atoms with Gasteiger partial charge in [-0.1, -0.05) is 32.4 Å². The molecule has 1 aliphatic rings. The number of urea groups is 1. The third kappa shape index (κ3) is 8.61. The molecule has 0 saturated carbocycles. The second-order valence-corrected chi connectivity index (χ2v) is 11.3. The van der Waals surface area contributed by atoms with E-state index in [1.807, 2.05) is 12.1 Å². The highest BCUT2D eigenvalue weighted by Crippen LogP contribution is 2.39. The molecular weight excluding hydrogens is 532 g/mol. The molecule has 0 unspecified atom stereocenters. The second kappa shape index (κ2) is 13.9. The number of rotatable bonds is 11. The fourth-order valence-electron chi connectivity index (χ4n) is 4.29. The van der Waals surface area contributed by atoms with Crippen LogP contribution in [0.2, 0.25) is 5.02 Å². The Hall–Kier alpha value is -3.27. The Morgan fingerprint density at radius 2 is 1.88 bits per heavy atom. The van der Waals surface area contributed by atoms with Crippen LogP contribution in [0.3, 0.4) is 0 Å². The lowest BCUT2D eigenvalue weighted by atomic mass is 9.92. The van der Waals surface area contributed by atoms with Gasteiger partial charge in [0.1, 0.15) is 11.5 Å². The van der Waals surface area contributed by atoms with Crippen LogP contribution >= 0.6 is 11.6 Å². The number of methoxy groups -OCH3 is 1. The largest absolute Gasteiger partial charge is 0.493 e. The van der Waals surface area contributed by atoms with Gasteiger partial charge in [0.25, 0.3) is 0 Å². The fraction of sp³-hybridized carbons (Fsp3) is 0.467. The van der Waals surface area contributed by atoms with E-state index in [2.05, 4.69) is 41.3 Å². The molecule has 2 heterocycles. The van der Waals surface area contributed by atoms with Crippen LogP contribution in [-0.4, -0.2) is 69.0 Å². The first-order chi connectivity index (χ1) is 19.2. The molecule has 2 N–H and O–H groups in total. The van der Waals surface area contributed by atoms with Crippen molar-refractivity contribution < 1.29 is 23.7 Å². The summed E-state index contributed by atoms with van der Waals surface area (Å²) in [6, 6.07) is 10.4. The SMILES string of the molecule is COc1cc2c(Oc3ccc(NC(=O)NCCC(C)(C)C)cc3Cl)ccnc2cc1OCCCN1CCOCC1. The molecule has 4 rings (SSSR count). The third-order valence-corrected chi connectivity index (χ3v) is 6.83.